The van der Waals surface area contributed by atoms with Gasteiger partial charge in [0.1, 0.15) is 62.6 Å². The number of pyridine rings is 1. The predicted molar refractivity (Wildman–Crippen MR) is 262 cm³/mol. The maximum absolute atomic E-state index is 14.0. The first-order chi connectivity index (χ1) is 33.7. The van der Waals surface area contributed by atoms with Crippen LogP contribution >= 0.6 is 0 Å². The zero-order chi connectivity index (χ0) is 48.5. The molecule has 3 aliphatic rings. The summed E-state index contributed by atoms with van der Waals surface area (Å²) < 4.78 is 62.2. The summed E-state index contributed by atoms with van der Waals surface area (Å²) in [6.07, 6.45) is 1.62. The van der Waals surface area contributed by atoms with E-state index in [1.807, 2.05) is 78.2 Å². The molecule has 8 rings (SSSR count). The first-order valence-corrected chi connectivity index (χ1v) is 24.1. The van der Waals surface area contributed by atoms with Gasteiger partial charge < -0.3 is 52.3 Å². The lowest BCUT2D eigenvalue weighted by atomic mass is 9.89. The second-order valence-electron chi connectivity index (χ2n) is 16.8. The number of carbonyl (C=O) groups is 2. The summed E-state index contributed by atoms with van der Waals surface area (Å²) in [5.41, 5.74) is 9.12. The normalized spacial score (nSPS) is 13.4. The van der Waals surface area contributed by atoms with Gasteiger partial charge >= 0.3 is 11.9 Å². The van der Waals surface area contributed by atoms with Crippen LogP contribution in [0.5, 0.6) is 23.0 Å². The first-order valence-electron chi connectivity index (χ1n) is 24.1. The van der Waals surface area contributed by atoms with Crippen molar-refractivity contribution in [3.8, 4) is 23.0 Å². The fourth-order valence-electron chi connectivity index (χ4n) is 8.56. The Labute approximate surface area is 406 Å². The largest absolute Gasteiger partial charge is 0.491 e. The van der Waals surface area contributed by atoms with E-state index in [-0.39, 0.29) is 24.6 Å². The van der Waals surface area contributed by atoms with Crippen molar-refractivity contribution in [2.45, 2.75) is 66.6 Å². The van der Waals surface area contributed by atoms with Crippen LogP contribution in [0.25, 0.3) is 0 Å². The molecule has 12 bridgehead atoms. The van der Waals surface area contributed by atoms with E-state index in [0.717, 1.165) is 55.6 Å². The van der Waals surface area contributed by atoms with Crippen LogP contribution < -0.4 is 23.8 Å². The Morgan fingerprint density at radius 3 is 1.04 bits per heavy atom. The van der Waals surface area contributed by atoms with E-state index in [4.69, 9.17) is 47.4 Å². The highest BCUT2D eigenvalue weighted by molar-refractivity contribution is 5.93. The minimum absolute atomic E-state index is 0.0253. The lowest BCUT2D eigenvalue weighted by molar-refractivity contribution is 0.0456. The molecule has 0 spiro atoms. The number of benzene rings is 4. The van der Waals surface area contributed by atoms with Gasteiger partial charge in [0.05, 0.1) is 26.4 Å². The summed E-state index contributed by atoms with van der Waals surface area (Å²) in [7, 11) is 3.65. The monoisotopic (exact) mass is 946 g/mol. The zero-order valence-corrected chi connectivity index (χ0v) is 40.9. The third-order valence-corrected chi connectivity index (χ3v) is 11.7. The van der Waals surface area contributed by atoms with E-state index in [1.54, 1.807) is 17.0 Å². The molecule has 5 aromatic rings. The maximum Gasteiger partial charge on any atom is 0.357 e. The topological polar surface area (TPSA) is 143 Å². The lowest BCUT2D eigenvalue weighted by Gasteiger charge is -2.24. The van der Waals surface area contributed by atoms with E-state index in [9.17, 15) is 9.59 Å². The van der Waals surface area contributed by atoms with Crippen LogP contribution in [0.1, 0.15) is 104 Å². The molecule has 0 saturated carbocycles. The van der Waals surface area contributed by atoms with E-state index >= 15 is 0 Å². The number of para-hydroxylation sites is 2. The quantitative estimate of drug-likeness (QED) is 0.0503. The van der Waals surface area contributed by atoms with Gasteiger partial charge in [-0.25, -0.2) is 14.6 Å². The number of nitrogens with zero attached hydrogens (tertiary/aromatic N) is 2. The second-order valence-corrected chi connectivity index (χ2v) is 16.8. The van der Waals surface area contributed by atoms with Crippen LogP contribution in [-0.4, -0.2) is 110 Å². The molecule has 0 unspecified atom stereocenters. The van der Waals surface area contributed by atoms with Crippen LogP contribution in [-0.2, 0) is 67.3 Å². The number of esters is 2. The van der Waals surface area contributed by atoms with Gasteiger partial charge in [0.2, 0.25) is 0 Å². The smallest absolute Gasteiger partial charge is 0.357 e. The minimum Gasteiger partial charge on any atom is -0.491 e. The molecule has 4 aromatic carbocycles. The van der Waals surface area contributed by atoms with Crippen molar-refractivity contribution in [2.75, 3.05) is 98.3 Å². The fourth-order valence-corrected chi connectivity index (χ4v) is 8.56. The number of hydrogen-bond acceptors (Lipinski definition) is 14. The molecular formula is C55H66N2O12. The molecule has 0 saturated heterocycles. The second kappa shape index (κ2) is 25.4. The third kappa shape index (κ3) is 13.5. The molecule has 14 heteroatoms. The van der Waals surface area contributed by atoms with Crippen LogP contribution in [0.2, 0.25) is 0 Å². The standard InChI is InChI=1S/C55H66N2O12/c1-7-60-17-21-64-50-39-13-11-14-40(50)30-44-26-38-28-46(53(44)67-24-20-63-10-4)32-42-16-12-15-41(51(42)65-22-18-61-8-2)31-45-27-37(25-43(29-39)52(45)66-23-19-62-9-3)35-68-54(58)48-33-47(57(5)6)34-49(56-48)55(59)69-36-38/h11-16,25-28,33-34H,7-10,17-24,29-32,35-36H2,1-6H3. The number of fused-ring (bicyclic) bond motifs is 4. The summed E-state index contributed by atoms with van der Waals surface area (Å²) in [5, 5.41) is 0. The zero-order valence-electron chi connectivity index (χ0n) is 40.9. The van der Waals surface area contributed by atoms with E-state index in [1.165, 1.54) is 0 Å². The van der Waals surface area contributed by atoms with Crippen LogP contribution in [0.15, 0.2) is 72.8 Å². The van der Waals surface area contributed by atoms with E-state index in [0.29, 0.717) is 134 Å². The summed E-state index contributed by atoms with van der Waals surface area (Å²) in [5.74, 6) is 1.43. The Morgan fingerprint density at radius 1 is 0.449 bits per heavy atom. The van der Waals surface area contributed by atoms with Crippen LogP contribution in [0.3, 0.4) is 0 Å². The number of anilines is 1. The van der Waals surface area contributed by atoms with Gasteiger partial charge in [-0.05, 0) is 120 Å². The average molecular weight is 947 g/mol. The summed E-state index contributed by atoms with van der Waals surface area (Å²) >= 11 is 0. The highest BCUT2D eigenvalue weighted by atomic mass is 16.5. The molecular weight excluding hydrogens is 881 g/mol. The summed E-state index contributed by atoms with van der Waals surface area (Å²) in [6, 6.07) is 23.7. The Kier molecular flexibility index (Phi) is 18.7. The van der Waals surface area contributed by atoms with Gasteiger partial charge in [0, 0.05) is 71.9 Å². The molecule has 0 amide bonds. The number of aromatic nitrogens is 1. The Hall–Kier alpha value is -6.19. The molecule has 1 aliphatic carbocycles. The number of rotatable bonds is 21. The molecule has 0 N–H and O–H groups in total. The van der Waals surface area contributed by atoms with Crippen molar-refractivity contribution < 1.29 is 57.0 Å². The van der Waals surface area contributed by atoms with Crippen molar-refractivity contribution >= 4 is 17.6 Å². The van der Waals surface area contributed by atoms with Crippen LogP contribution in [0, 0.1) is 0 Å². The first kappa shape index (κ1) is 50.7. The van der Waals surface area contributed by atoms with Crippen molar-refractivity contribution in [3.63, 3.8) is 0 Å². The van der Waals surface area contributed by atoms with Gasteiger partial charge in [-0.2, -0.15) is 0 Å². The van der Waals surface area contributed by atoms with Gasteiger partial charge in [-0.15, -0.1) is 0 Å². The fraction of sp³-hybridized carbons (Fsp3) is 0.436. The van der Waals surface area contributed by atoms with Gasteiger partial charge in [0.25, 0.3) is 0 Å². The van der Waals surface area contributed by atoms with Crippen molar-refractivity contribution in [3.05, 3.63) is 140 Å². The molecule has 3 heterocycles. The van der Waals surface area contributed by atoms with Crippen LogP contribution in [0.4, 0.5) is 5.69 Å². The molecule has 2 aliphatic heterocycles. The van der Waals surface area contributed by atoms with Gasteiger partial charge in [-0.3, -0.25) is 0 Å². The van der Waals surface area contributed by atoms with Crippen molar-refractivity contribution in [1.29, 1.82) is 0 Å². The molecule has 14 nitrogen and oxygen atoms in total. The third-order valence-electron chi connectivity index (χ3n) is 11.7. The SMILES string of the molecule is CCOCCOc1c2cccc1Cc1cc3cc(c1OCCOCC)Cc1cccc(c1OCCOCC)Cc1cc(cc(c1OCCOCC)C2)COC(=O)c1cc(N(C)C)cc(n1)C(=O)OC3. The lowest BCUT2D eigenvalue weighted by Crippen LogP contribution is -2.17. The van der Waals surface area contributed by atoms with Gasteiger partial charge in [-0.1, -0.05) is 36.4 Å². The number of hydrogen-bond donors (Lipinski definition) is 0. The number of carbonyl (C=O) groups excluding carboxylic acids is 2. The predicted octanol–water partition coefficient (Wildman–Crippen LogP) is 8.51. The molecule has 0 atom stereocenters. The number of ether oxygens (including phenoxy) is 10. The van der Waals surface area contributed by atoms with E-state index < -0.39 is 11.9 Å². The Morgan fingerprint density at radius 2 is 0.754 bits per heavy atom. The van der Waals surface area contributed by atoms with E-state index in [2.05, 4.69) is 29.2 Å². The minimum atomic E-state index is -0.693. The van der Waals surface area contributed by atoms with Crippen molar-refractivity contribution in [2.24, 2.45) is 0 Å². The maximum atomic E-state index is 14.0. The molecule has 1 aromatic heterocycles. The Bertz CT molecular complexity index is 2270. The molecule has 0 radical (unpaired) electrons. The molecule has 368 valence electrons. The summed E-state index contributed by atoms with van der Waals surface area (Å²) in [6.45, 7) is 12.7. The van der Waals surface area contributed by atoms with Crippen molar-refractivity contribution in [1.82, 2.24) is 4.98 Å². The highest BCUT2D eigenvalue weighted by Gasteiger charge is 2.25. The average Bonchev–Trinajstić information content (AvgIpc) is 3.34. The molecule has 69 heavy (non-hydrogen) atoms. The molecule has 0 fully saturated rings. The summed E-state index contributed by atoms with van der Waals surface area (Å²) in [4.78, 5) is 34.3. The van der Waals surface area contributed by atoms with Gasteiger partial charge in [0.15, 0.2) is 11.4 Å². The Balaban J connectivity index is 1.52. The highest BCUT2D eigenvalue weighted by Crippen LogP contribution is 2.40.